The predicted octanol–water partition coefficient (Wildman–Crippen LogP) is 1.43. The second kappa shape index (κ2) is 7.20. The highest BCUT2D eigenvalue weighted by molar-refractivity contribution is 5.96. The highest BCUT2D eigenvalue weighted by atomic mass is 16.4. The zero-order valence-electron chi connectivity index (χ0n) is 14.2. The molecule has 0 spiro atoms. The number of rotatable bonds is 5. The molecule has 1 aromatic carbocycles. The number of benzene rings is 1. The van der Waals surface area contributed by atoms with E-state index in [0.717, 1.165) is 0 Å². The van der Waals surface area contributed by atoms with E-state index in [0.29, 0.717) is 16.9 Å². The van der Waals surface area contributed by atoms with E-state index in [2.05, 4.69) is 10.6 Å². The number of aliphatic hydroxyl groups is 1. The van der Waals surface area contributed by atoms with Crippen molar-refractivity contribution in [2.24, 2.45) is 0 Å². The topological polar surface area (TPSA) is 115 Å². The summed E-state index contributed by atoms with van der Waals surface area (Å²) in [5.41, 5.74) is -0.214. The molecule has 2 aromatic rings. The van der Waals surface area contributed by atoms with Crippen molar-refractivity contribution in [2.75, 3.05) is 7.05 Å². The molecule has 1 aromatic heterocycles. The minimum Gasteiger partial charge on any atom is -0.451 e. The van der Waals surface area contributed by atoms with E-state index in [1.54, 1.807) is 30.3 Å². The molecule has 0 saturated carbocycles. The zero-order chi connectivity index (χ0) is 18.6. The maximum atomic E-state index is 12.3. The van der Waals surface area contributed by atoms with E-state index >= 15 is 0 Å². The van der Waals surface area contributed by atoms with Gasteiger partial charge in [0.25, 0.3) is 5.91 Å². The maximum Gasteiger partial charge on any atom is 0.287 e. The van der Waals surface area contributed by atoms with Crippen LogP contribution in [-0.4, -0.2) is 35.6 Å². The monoisotopic (exact) mass is 341 g/mol. The standard InChI is InChI=1S/C18H19N3O4/c1-18(2,24)15(17(23)20-3)21-16(22)14-9-8-13(25-14)12-6-4-11(10-19)5-7-12/h4-9,15,24H,1-3H3,(H,20,23)(H,21,22). The number of hydrogen-bond donors (Lipinski definition) is 3. The lowest BCUT2D eigenvalue weighted by Crippen LogP contribution is -2.57. The van der Waals surface area contributed by atoms with Crippen LogP contribution in [0.15, 0.2) is 40.8 Å². The van der Waals surface area contributed by atoms with Crippen molar-refractivity contribution in [3.8, 4) is 17.4 Å². The number of nitrogens with zero attached hydrogens (tertiary/aromatic N) is 1. The molecule has 1 unspecified atom stereocenters. The lowest BCUT2D eigenvalue weighted by molar-refractivity contribution is -0.127. The second-order valence-electron chi connectivity index (χ2n) is 6.03. The average molecular weight is 341 g/mol. The highest BCUT2D eigenvalue weighted by Gasteiger charge is 2.34. The van der Waals surface area contributed by atoms with Gasteiger partial charge >= 0.3 is 0 Å². The van der Waals surface area contributed by atoms with Gasteiger partial charge in [-0.15, -0.1) is 0 Å². The minimum absolute atomic E-state index is 0.0116. The zero-order valence-corrected chi connectivity index (χ0v) is 14.2. The Morgan fingerprint density at radius 2 is 1.84 bits per heavy atom. The van der Waals surface area contributed by atoms with Crippen LogP contribution in [0.3, 0.4) is 0 Å². The van der Waals surface area contributed by atoms with E-state index in [4.69, 9.17) is 9.68 Å². The molecule has 25 heavy (non-hydrogen) atoms. The largest absolute Gasteiger partial charge is 0.451 e. The smallest absolute Gasteiger partial charge is 0.287 e. The van der Waals surface area contributed by atoms with Crippen molar-refractivity contribution in [1.82, 2.24) is 10.6 Å². The van der Waals surface area contributed by atoms with Crippen LogP contribution in [-0.2, 0) is 4.79 Å². The highest BCUT2D eigenvalue weighted by Crippen LogP contribution is 2.23. The number of hydrogen-bond acceptors (Lipinski definition) is 5. The Morgan fingerprint density at radius 1 is 1.20 bits per heavy atom. The van der Waals surface area contributed by atoms with Gasteiger partial charge in [-0.2, -0.15) is 5.26 Å². The maximum absolute atomic E-state index is 12.3. The molecule has 2 amide bonds. The van der Waals surface area contributed by atoms with Crippen molar-refractivity contribution < 1.29 is 19.1 Å². The molecular formula is C18H19N3O4. The fraction of sp³-hybridized carbons (Fsp3) is 0.278. The Hall–Kier alpha value is -3.11. The number of likely N-dealkylation sites (N-methyl/N-ethyl adjacent to an activating group) is 1. The molecule has 0 aliphatic heterocycles. The number of carbonyl (C=O) groups is 2. The fourth-order valence-electron chi connectivity index (χ4n) is 2.23. The van der Waals surface area contributed by atoms with E-state index in [-0.39, 0.29) is 5.76 Å². The Kier molecular flexibility index (Phi) is 5.25. The lowest BCUT2D eigenvalue weighted by atomic mass is 9.98. The Morgan fingerprint density at radius 3 is 2.36 bits per heavy atom. The second-order valence-corrected chi connectivity index (χ2v) is 6.03. The summed E-state index contributed by atoms with van der Waals surface area (Å²) in [6, 6.07) is 10.7. The predicted molar refractivity (Wildman–Crippen MR) is 90.5 cm³/mol. The molecular weight excluding hydrogens is 322 g/mol. The molecule has 1 atom stereocenters. The normalized spacial score (nSPS) is 12.1. The first-order chi connectivity index (χ1) is 11.8. The molecule has 130 valence electrons. The van der Waals surface area contributed by atoms with E-state index < -0.39 is 23.5 Å². The number of nitrogens with one attached hydrogen (secondary N) is 2. The molecule has 0 aliphatic carbocycles. The van der Waals surface area contributed by atoms with Gasteiger partial charge in [0.15, 0.2) is 5.76 Å². The van der Waals surface area contributed by atoms with Crippen LogP contribution in [0, 0.1) is 11.3 Å². The summed E-state index contributed by atoms with van der Waals surface area (Å²) in [5.74, 6) is -0.665. The van der Waals surface area contributed by atoms with Gasteiger partial charge in [0, 0.05) is 12.6 Å². The molecule has 0 bridgehead atoms. The summed E-state index contributed by atoms with van der Waals surface area (Å²) < 4.78 is 5.52. The Labute approximate surface area is 145 Å². The Balaban J connectivity index is 2.19. The summed E-state index contributed by atoms with van der Waals surface area (Å²) in [6.45, 7) is 2.86. The van der Waals surface area contributed by atoms with Crippen LogP contribution >= 0.6 is 0 Å². The summed E-state index contributed by atoms with van der Waals surface area (Å²) >= 11 is 0. The van der Waals surface area contributed by atoms with Gasteiger partial charge in [0.05, 0.1) is 17.2 Å². The molecule has 7 heteroatoms. The third-order valence-electron chi connectivity index (χ3n) is 3.62. The molecule has 3 N–H and O–H groups in total. The average Bonchev–Trinajstić information content (AvgIpc) is 3.08. The van der Waals surface area contributed by atoms with Crippen LogP contribution in [0.1, 0.15) is 30.0 Å². The van der Waals surface area contributed by atoms with Gasteiger partial charge in [-0.05, 0) is 50.2 Å². The number of amides is 2. The van der Waals surface area contributed by atoms with Crippen molar-refractivity contribution >= 4 is 11.8 Å². The number of carbonyl (C=O) groups excluding carboxylic acids is 2. The first kappa shape index (κ1) is 18.2. The van der Waals surface area contributed by atoms with Crippen molar-refractivity contribution in [3.63, 3.8) is 0 Å². The number of furan rings is 1. The first-order valence-corrected chi connectivity index (χ1v) is 7.61. The molecule has 0 radical (unpaired) electrons. The number of nitriles is 1. The van der Waals surface area contributed by atoms with Gasteiger partial charge in [-0.1, -0.05) is 0 Å². The Bertz CT molecular complexity index is 810. The molecule has 1 heterocycles. The van der Waals surface area contributed by atoms with Crippen LogP contribution < -0.4 is 10.6 Å². The van der Waals surface area contributed by atoms with Gasteiger partial charge in [-0.3, -0.25) is 9.59 Å². The van der Waals surface area contributed by atoms with E-state index in [1.165, 1.54) is 27.0 Å². The van der Waals surface area contributed by atoms with E-state index in [1.807, 2.05) is 6.07 Å². The summed E-state index contributed by atoms with van der Waals surface area (Å²) in [5, 5.41) is 23.8. The molecule has 7 nitrogen and oxygen atoms in total. The van der Waals surface area contributed by atoms with Gasteiger partial charge in [-0.25, -0.2) is 0 Å². The summed E-state index contributed by atoms with van der Waals surface area (Å²) in [4.78, 5) is 24.2. The quantitative estimate of drug-likeness (QED) is 0.761. The third-order valence-corrected chi connectivity index (χ3v) is 3.62. The minimum atomic E-state index is -1.45. The van der Waals surface area contributed by atoms with Crippen molar-refractivity contribution in [3.05, 3.63) is 47.7 Å². The van der Waals surface area contributed by atoms with Crippen LogP contribution in [0.5, 0.6) is 0 Å². The lowest BCUT2D eigenvalue weighted by Gasteiger charge is -2.28. The SMILES string of the molecule is CNC(=O)C(NC(=O)c1ccc(-c2ccc(C#N)cc2)o1)C(C)(C)O. The van der Waals surface area contributed by atoms with Gasteiger partial charge in [0.1, 0.15) is 11.8 Å². The van der Waals surface area contributed by atoms with Crippen molar-refractivity contribution in [1.29, 1.82) is 5.26 Å². The molecule has 0 saturated heterocycles. The summed E-state index contributed by atoms with van der Waals surface area (Å²) in [6.07, 6.45) is 0. The van der Waals surface area contributed by atoms with Crippen LogP contribution in [0.4, 0.5) is 0 Å². The molecule has 0 aliphatic rings. The van der Waals surface area contributed by atoms with Gasteiger partial charge in [0.2, 0.25) is 5.91 Å². The van der Waals surface area contributed by atoms with Gasteiger partial charge < -0.3 is 20.2 Å². The third kappa shape index (κ3) is 4.25. The van der Waals surface area contributed by atoms with Crippen LogP contribution in [0.25, 0.3) is 11.3 Å². The summed E-state index contributed by atoms with van der Waals surface area (Å²) in [7, 11) is 1.42. The first-order valence-electron chi connectivity index (χ1n) is 7.61. The molecule has 0 fully saturated rings. The fourth-order valence-corrected chi connectivity index (χ4v) is 2.23. The van der Waals surface area contributed by atoms with Crippen molar-refractivity contribution in [2.45, 2.75) is 25.5 Å². The molecule has 2 rings (SSSR count). The van der Waals surface area contributed by atoms with E-state index in [9.17, 15) is 14.7 Å². The van der Waals surface area contributed by atoms with Crippen LogP contribution in [0.2, 0.25) is 0 Å².